The molecule has 0 aliphatic carbocycles. The van der Waals surface area contributed by atoms with Crippen molar-refractivity contribution in [3.05, 3.63) is 15.6 Å². The maximum absolute atomic E-state index is 12.7. The van der Waals surface area contributed by atoms with Crippen molar-refractivity contribution in [3.63, 3.8) is 0 Å². The maximum atomic E-state index is 12.7. The summed E-state index contributed by atoms with van der Waals surface area (Å²) >= 11 is 1.17. The van der Waals surface area contributed by atoms with E-state index in [2.05, 4.69) is 10.3 Å². The van der Waals surface area contributed by atoms with E-state index in [1.165, 1.54) is 11.3 Å². The second-order valence-electron chi connectivity index (χ2n) is 3.76. The number of halogens is 3. The summed E-state index contributed by atoms with van der Waals surface area (Å²) < 4.78 is 38.2. The van der Waals surface area contributed by atoms with Crippen molar-refractivity contribution in [2.75, 3.05) is 6.54 Å². The van der Waals surface area contributed by atoms with Crippen LogP contribution in [0.15, 0.2) is 0 Å². The van der Waals surface area contributed by atoms with E-state index in [1.807, 2.05) is 13.8 Å². The molecule has 0 bridgehead atoms. The summed E-state index contributed by atoms with van der Waals surface area (Å²) in [5.74, 6) is 0. The molecule has 6 heteroatoms. The lowest BCUT2D eigenvalue weighted by molar-refractivity contribution is -0.141. The van der Waals surface area contributed by atoms with Gasteiger partial charge in [-0.05, 0) is 19.4 Å². The molecule has 17 heavy (non-hydrogen) atoms. The zero-order valence-corrected chi connectivity index (χ0v) is 10.8. The van der Waals surface area contributed by atoms with Crippen molar-refractivity contribution in [2.45, 2.75) is 45.8 Å². The smallest absolute Gasteiger partial charge is 0.312 e. The lowest BCUT2D eigenvalue weighted by Crippen LogP contribution is -2.15. The van der Waals surface area contributed by atoms with Gasteiger partial charge in [0.15, 0.2) is 5.69 Å². The van der Waals surface area contributed by atoms with Gasteiger partial charge >= 0.3 is 6.18 Å². The van der Waals surface area contributed by atoms with Gasteiger partial charge < -0.3 is 5.32 Å². The van der Waals surface area contributed by atoms with E-state index >= 15 is 0 Å². The fraction of sp³-hybridized carbons (Fsp3) is 0.727. The molecule has 0 radical (unpaired) electrons. The van der Waals surface area contributed by atoms with Crippen molar-refractivity contribution in [1.29, 1.82) is 0 Å². The number of nitrogens with zero attached hydrogens (tertiary/aromatic N) is 1. The SMILES string of the molecule is CCCCc1nc(C(F)(F)F)c(CNCC)s1. The molecule has 1 aromatic rings. The Bertz CT molecular complexity index is 347. The summed E-state index contributed by atoms with van der Waals surface area (Å²) in [6, 6.07) is 0. The van der Waals surface area contributed by atoms with E-state index in [1.54, 1.807) is 0 Å². The van der Waals surface area contributed by atoms with Gasteiger partial charge in [0, 0.05) is 6.54 Å². The van der Waals surface area contributed by atoms with Gasteiger partial charge in [0.05, 0.1) is 9.88 Å². The van der Waals surface area contributed by atoms with E-state index in [0.717, 1.165) is 12.8 Å². The molecule has 0 aliphatic rings. The summed E-state index contributed by atoms with van der Waals surface area (Å²) in [7, 11) is 0. The van der Waals surface area contributed by atoms with Crippen LogP contribution in [0.3, 0.4) is 0 Å². The average molecular weight is 266 g/mol. The molecule has 1 heterocycles. The van der Waals surface area contributed by atoms with Crippen LogP contribution in [0.25, 0.3) is 0 Å². The lowest BCUT2D eigenvalue weighted by Gasteiger charge is -2.05. The molecule has 0 fully saturated rings. The summed E-state index contributed by atoms with van der Waals surface area (Å²) in [6.07, 6.45) is -1.86. The number of hydrogen-bond acceptors (Lipinski definition) is 3. The quantitative estimate of drug-likeness (QED) is 0.850. The Morgan fingerprint density at radius 2 is 2.00 bits per heavy atom. The van der Waals surface area contributed by atoms with Crippen molar-refractivity contribution in [3.8, 4) is 0 Å². The number of rotatable bonds is 6. The van der Waals surface area contributed by atoms with E-state index < -0.39 is 11.9 Å². The van der Waals surface area contributed by atoms with Crippen LogP contribution < -0.4 is 5.32 Å². The van der Waals surface area contributed by atoms with Crippen LogP contribution in [0.1, 0.15) is 42.3 Å². The fourth-order valence-corrected chi connectivity index (χ4v) is 2.52. The van der Waals surface area contributed by atoms with Crippen LogP contribution in [0.2, 0.25) is 0 Å². The Morgan fingerprint density at radius 1 is 1.29 bits per heavy atom. The number of aryl methyl sites for hydroxylation is 1. The molecule has 0 saturated carbocycles. The van der Waals surface area contributed by atoms with Gasteiger partial charge in [-0.2, -0.15) is 13.2 Å². The largest absolute Gasteiger partial charge is 0.434 e. The average Bonchev–Trinajstić information content (AvgIpc) is 2.66. The van der Waals surface area contributed by atoms with Crippen LogP contribution >= 0.6 is 11.3 Å². The van der Waals surface area contributed by atoms with Crippen molar-refractivity contribution >= 4 is 11.3 Å². The molecule has 0 aliphatic heterocycles. The van der Waals surface area contributed by atoms with Crippen LogP contribution in [0.5, 0.6) is 0 Å². The van der Waals surface area contributed by atoms with Crippen LogP contribution in [-0.4, -0.2) is 11.5 Å². The minimum absolute atomic E-state index is 0.245. The number of unbranched alkanes of at least 4 members (excludes halogenated alkanes) is 1. The van der Waals surface area contributed by atoms with E-state index in [9.17, 15) is 13.2 Å². The van der Waals surface area contributed by atoms with Gasteiger partial charge in [-0.15, -0.1) is 11.3 Å². The number of alkyl halides is 3. The molecule has 0 unspecified atom stereocenters. The third-order valence-electron chi connectivity index (χ3n) is 2.29. The third kappa shape index (κ3) is 4.27. The standard InChI is InChI=1S/C11H17F3N2S/c1-3-5-6-9-16-10(11(12,13)14)8(17-9)7-15-4-2/h15H,3-7H2,1-2H3. The molecule has 0 atom stereocenters. The fourth-order valence-electron chi connectivity index (χ4n) is 1.42. The molecule has 1 N–H and O–H groups in total. The monoisotopic (exact) mass is 266 g/mol. The Balaban J connectivity index is 2.87. The summed E-state index contributed by atoms with van der Waals surface area (Å²) in [5.41, 5.74) is -0.713. The highest BCUT2D eigenvalue weighted by atomic mass is 32.1. The topological polar surface area (TPSA) is 24.9 Å². The van der Waals surface area contributed by atoms with Crippen LogP contribution in [-0.2, 0) is 19.1 Å². The third-order valence-corrected chi connectivity index (χ3v) is 3.41. The predicted octanol–water partition coefficient (Wildman–Crippen LogP) is 3.61. The minimum atomic E-state index is -4.34. The van der Waals surface area contributed by atoms with Crippen molar-refractivity contribution in [2.24, 2.45) is 0 Å². The molecule has 2 nitrogen and oxygen atoms in total. The van der Waals surface area contributed by atoms with Crippen molar-refractivity contribution in [1.82, 2.24) is 10.3 Å². The first-order valence-electron chi connectivity index (χ1n) is 5.75. The van der Waals surface area contributed by atoms with E-state index in [4.69, 9.17) is 0 Å². The minimum Gasteiger partial charge on any atom is -0.312 e. The Morgan fingerprint density at radius 3 is 2.53 bits per heavy atom. The highest BCUT2D eigenvalue weighted by Gasteiger charge is 2.37. The maximum Gasteiger partial charge on any atom is 0.434 e. The predicted molar refractivity (Wildman–Crippen MR) is 63.1 cm³/mol. The highest BCUT2D eigenvalue weighted by molar-refractivity contribution is 7.11. The summed E-state index contributed by atoms with van der Waals surface area (Å²) in [6.45, 7) is 4.78. The van der Waals surface area contributed by atoms with Gasteiger partial charge in [0.25, 0.3) is 0 Å². The van der Waals surface area contributed by atoms with Gasteiger partial charge in [-0.1, -0.05) is 20.3 Å². The molecular weight excluding hydrogens is 249 g/mol. The van der Waals surface area contributed by atoms with Crippen molar-refractivity contribution < 1.29 is 13.2 Å². The van der Waals surface area contributed by atoms with Crippen LogP contribution in [0, 0.1) is 0 Å². The zero-order chi connectivity index (χ0) is 12.9. The molecule has 0 saturated heterocycles. The molecule has 98 valence electrons. The number of aromatic nitrogens is 1. The number of nitrogens with one attached hydrogen (secondary N) is 1. The molecule has 1 aromatic heterocycles. The molecular formula is C11H17F3N2S. The summed E-state index contributed by atoms with van der Waals surface area (Å²) in [5, 5.41) is 3.51. The summed E-state index contributed by atoms with van der Waals surface area (Å²) in [4.78, 5) is 4.02. The number of hydrogen-bond donors (Lipinski definition) is 1. The second kappa shape index (κ2) is 6.35. The molecule has 0 aromatic carbocycles. The Labute approximate surface area is 103 Å². The van der Waals surface area contributed by atoms with Crippen LogP contribution in [0.4, 0.5) is 13.2 Å². The van der Waals surface area contributed by atoms with Gasteiger partial charge in [0.1, 0.15) is 0 Å². The first kappa shape index (κ1) is 14.4. The Hall–Kier alpha value is -0.620. The lowest BCUT2D eigenvalue weighted by atomic mass is 10.2. The second-order valence-corrected chi connectivity index (χ2v) is 4.93. The molecule has 0 spiro atoms. The van der Waals surface area contributed by atoms with E-state index in [0.29, 0.717) is 22.9 Å². The van der Waals surface area contributed by atoms with Gasteiger partial charge in [0.2, 0.25) is 0 Å². The molecule has 1 rings (SSSR count). The normalized spacial score (nSPS) is 12.1. The van der Waals surface area contributed by atoms with Gasteiger partial charge in [-0.25, -0.2) is 4.98 Å². The first-order chi connectivity index (χ1) is 7.99. The Kier molecular flexibility index (Phi) is 5.39. The zero-order valence-electron chi connectivity index (χ0n) is 10.0. The van der Waals surface area contributed by atoms with E-state index in [-0.39, 0.29) is 6.54 Å². The van der Waals surface area contributed by atoms with Gasteiger partial charge in [-0.3, -0.25) is 0 Å². The first-order valence-corrected chi connectivity index (χ1v) is 6.57. The number of thiazole rings is 1. The molecule has 0 amide bonds. The highest BCUT2D eigenvalue weighted by Crippen LogP contribution is 2.34.